The molecule has 3 rings (SSSR count). The van der Waals surface area contributed by atoms with Gasteiger partial charge in [0.25, 0.3) is 0 Å². The number of carbonyl (C=O) groups is 1. The molecule has 1 amide bonds. The van der Waals surface area contributed by atoms with Crippen molar-refractivity contribution < 1.29 is 4.79 Å². The quantitative estimate of drug-likeness (QED) is 0.619. The summed E-state index contributed by atoms with van der Waals surface area (Å²) in [6, 6.07) is 13.7. The van der Waals surface area contributed by atoms with Crippen LogP contribution in [0.3, 0.4) is 0 Å². The van der Waals surface area contributed by atoms with E-state index in [1.807, 2.05) is 42.8 Å². The second kappa shape index (κ2) is 6.93. The molecule has 0 aliphatic heterocycles. The van der Waals surface area contributed by atoms with Crippen LogP contribution in [-0.2, 0) is 4.79 Å². The predicted molar refractivity (Wildman–Crippen MR) is 106 cm³/mol. The molecule has 0 saturated heterocycles. The third-order valence-corrected chi connectivity index (χ3v) is 5.14. The van der Waals surface area contributed by atoms with Gasteiger partial charge in [0.05, 0.1) is 0 Å². The first-order chi connectivity index (χ1) is 11.9. The van der Waals surface area contributed by atoms with Crippen molar-refractivity contribution in [3.63, 3.8) is 0 Å². The lowest BCUT2D eigenvalue weighted by Gasteiger charge is -2.17. The van der Waals surface area contributed by atoms with E-state index in [-0.39, 0.29) is 11.9 Å². The second-order valence-electron chi connectivity index (χ2n) is 6.77. The summed E-state index contributed by atoms with van der Waals surface area (Å²) in [6.07, 6.45) is 1.98. The summed E-state index contributed by atoms with van der Waals surface area (Å²) in [5.74, 6) is 0.426. The summed E-state index contributed by atoms with van der Waals surface area (Å²) >= 11 is 6.14. The van der Waals surface area contributed by atoms with Crippen LogP contribution in [0.2, 0.25) is 5.02 Å². The Bertz CT molecular complexity index is 927. The van der Waals surface area contributed by atoms with E-state index < -0.39 is 0 Å². The normalized spacial score (nSPS) is 12.6. The SMILES string of the molecule is Cc1c(Cl)cccc1NC(=O)C(C)n1ccc2cc(C(C)C)ccc21. The maximum Gasteiger partial charge on any atom is 0.247 e. The number of nitrogens with one attached hydrogen (secondary N) is 1. The average Bonchev–Trinajstić information content (AvgIpc) is 3.01. The second-order valence-corrected chi connectivity index (χ2v) is 7.18. The molecule has 0 aliphatic carbocycles. The Hall–Kier alpha value is -2.26. The van der Waals surface area contributed by atoms with Crippen molar-refractivity contribution in [2.45, 2.75) is 39.7 Å². The van der Waals surface area contributed by atoms with Crippen LogP contribution in [0.1, 0.15) is 43.9 Å². The van der Waals surface area contributed by atoms with Gasteiger partial charge in [-0.1, -0.05) is 37.6 Å². The lowest BCUT2D eigenvalue weighted by atomic mass is 10.0. The number of hydrogen-bond acceptors (Lipinski definition) is 1. The topological polar surface area (TPSA) is 34.0 Å². The van der Waals surface area contributed by atoms with Gasteiger partial charge < -0.3 is 9.88 Å². The van der Waals surface area contributed by atoms with Gasteiger partial charge in [0.2, 0.25) is 5.91 Å². The zero-order valence-electron chi connectivity index (χ0n) is 15.0. The van der Waals surface area contributed by atoms with E-state index in [9.17, 15) is 4.79 Å². The molecule has 4 heteroatoms. The van der Waals surface area contributed by atoms with Crippen LogP contribution in [0, 0.1) is 6.92 Å². The fourth-order valence-electron chi connectivity index (χ4n) is 2.99. The molecule has 0 spiro atoms. The Morgan fingerprint density at radius 2 is 1.88 bits per heavy atom. The van der Waals surface area contributed by atoms with Gasteiger partial charge in [0, 0.05) is 22.4 Å². The Morgan fingerprint density at radius 1 is 1.12 bits per heavy atom. The standard InChI is InChI=1S/C21H23ClN2O/c1-13(2)16-8-9-20-17(12-16)10-11-24(20)15(4)21(25)23-19-7-5-6-18(22)14(19)3/h5-13,15H,1-4H3,(H,23,25). The Labute approximate surface area is 153 Å². The average molecular weight is 355 g/mol. The van der Waals surface area contributed by atoms with Gasteiger partial charge >= 0.3 is 0 Å². The largest absolute Gasteiger partial charge is 0.335 e. The first-order valence-electron chi connectivity index (χ1n) is 8.55. The zero-order chi connectivity index (χ0) is 18.1. The van der Waals surface area contributed by atoms with Crippen molar-refractivity contribution in [3.05, 3.63) is 64.8 Å². The predicted octanol–water partition coefficient (Wildman–Crippen LogP) is 5.93. The van der Waals surface area contributed by atoms with Crippen LogP contribution in [0.4, 0.5) is 5.69 Å². The zero-order valence-corrected chi connectivity index (χ0v) is 15.8. The van der Waals surface area contributed by atoms with Crippen molar-refractivity contribution in [2.24, 2.45) is 0 Å². The highest BCUT2D eigenvalue weighted by Crippen LogP contribution is 2.27. The molecule has 0 aliphatic rings. The summed E-state index contributed by atoms with van der Waals surface area (Å²) in [5.41, 5.74) is 4.00. The summed E-state index contributed by atoms with van der Waals surface area (Å²) < 4.78 is 2.01. The summed E-state index contributed by atoms with van der Waals surface area (Å²) in [7, 11) is 0. The lowest BCUT2D eigenvalue weighted by molar-refractivity contribution is -0.118. The number of anilines is 1. The molecule has 25 heavy (non-hydrogen) atoms. The fraction of sp³-hybridized carbons (Fsp3) is 0.286. The third kappa shape index (κ3) is 3.42. The van der Waals surface area contributed by atoms with Crippen LogP contribution in [0.15, 0.2) is 48.7 Å². The van der Waals surface area contributed by atoms with E-state index >= 15 is 0 Å². The number of hydrogen-bond donors (Lipinski definition) is 1. The van der Waals surface area contributed by atoms with Gasteiger partial charge in [-0.3, -0.25) is 4.79 Å². The number of rotatable bonds is 4. The molecule has 0 saturated carbocycles. The molecule has 2 aromatic carbocycles. The first-order valence-corrected chi connectivity index (χ1v) is 8.92. The number of aromatic nitrogens is 1. The van der Waals surface area contributed by atoms with Gasteiger partial charge in [-0.25, -0.2) is 0 Å². The van der Waals surface area contributed by atoms with E-state index in [0.29, 0.717) is 10.9 Å². The van der Waals surface area contributed by atoms with Crippen LogP contribution in [-0.4, -0.2) is 10.5 Å². The molecular formula is C21H23ClN2O. The molecule has 130 valence electrons. The van der Waals surface area contributed by atoms with Crippen LogP contribution in [0.25, 0.3) is 10.9 Å². The van der Waals surface area contributed by atoms with Crippen molar-refractivity contribution in [3.8, 4) is 0 Å². The summed E-state index contributed by atoms with van der Waals surface area (Å²) in [5, 5.41) is 4.80. The molecule has 0 radical (unpaired) electrons. The molecule has 0 bridgehead atoms. The number of carbonyl (C=O) groups excluding carboxylic acids is 1. The van der Waals surface area contributed by atoms with E-state index in [4.69, 9.17) is 11.6 Å². The highest BCUT2D eigenvalue weighted by atomic mass is 35.5. The highest BCUT2D eigenvalue weighted by molar-refractivity contribution is 6.31. The van der Waals surface area contributed by atoms with Gasteiger partial charge in [-0.2, -0.15) is 0 Å². The van der Waals surface area contributed by atoms with E-state index in [2.05, 4.69) is 43.4 Å². The van der Waals surface area contributed by atoms with Gasteiger partial charge in [-0.05, 0) is 66.6 Å². The van der Waals surface area contributed by atoms with Gasteiger partial charge in [0.1, 0.15) is 6.04 Å². The van der Waals surface area contributed by atoms with Crippen LogP contribution in [0.5, 0.6) is 0 Å². The Morgan fingerprint density at radius 3 is 2.60 bits per heavy atom. The Balaban J connectivity index is 1.87. The van der Waals surface area contributed by atoms with Crippen LogP contribution < -0.4 is 5.32 Å². The highest BCUT2D eigenvalue weighted by Gasteiger charge is 2.18. The van der Waals surface area contributed by atoms with E-state index in [1.165, 1.54) is 5.56 Å². The molecule has 1 atom stereocenters. The number of amides is 1. The van der Waals surface area contributed by atoms with Crippen molar-refractivity contribution in [1.29, 1.82) is 0 Å². The van der Waals surface area contributed by atoms with Crippen molar-refractivity contribution in [1.82, 2.24) is 4.57 Å². The van der Waals surface area contributed by atoms with E-state index in [0.717, 1.165) is 22.2 Å². The molecule has 1 unspecified atom stereocenters. The smallest absolute Gasteiger partial charge is 0.247 e. The third-order valence-electron chi connectivity index (χ3n) is 4.73. The molecule has 3 nitrogen and oxygen atoms in total. The monoisotopic (exact) mass is 354 g/mol. The molecule has 1 heterocycles. The van der Waals surface area contributed by atoms with Crippen LogP contribution >= 0.6 is 11.6 Å². The minimum atomic E-state index is -0.319. The number of fused-ring (bicyclic) bond motifs is 1. The maximum absolute atomic E-state index is 12.7. The maximum atomic E-state index is 12.7. The lowest BCUT2D eigenvalue weighted by Crippen LogP contribution is -2.23. The first kappa shape index (κ1) is 17.6. The summed E-state index contributed by atoms with van der Waals surface area (Å²) in [6.45, 7) is 8.18. The number of halogens is 1. The minimum absolute atomic E-state index is 0.0594. The fourth-order valence-corrected chi connectivity index (χ4v) is 3.16. The molecular weight excluding hydrogens is 332 g/mol. The van der Waals surface area contributed by atoms with Gasteiger partial charge in [-0.15, -0.1) is 0 Å². The Kier molecular flexibility index (Phi) is 4.87. The van der Waals surface area contributed by atoms with Gasteiger partial charge in [0.15, 0.2) is 0 Å². The molecule has 3 aromatic rings. The molecule has 1 N–H and O–H groups in total. The number of nitrogens with zero attached hydrogens (tertiary/aromatic N) is 1. The van der Waals surface area contributed by atoms with Crippen molar-refractivity contribution in [2.75, 3.05) is 5.32 Å². The van der Waals surface area contributed by atoms with E-state index in [1.54, 1.807) is 0 Å². The molecule has 1 aromatic heterocycles. The van der Waals surface area contributed by atoms with Crippen molar-refractivity contribution >= 4 is 34.1 Å². The minimum Gasteiger partial charge on any atom is -0.335 e. The molecule has 0 fully saturated rings. The number of benzene rings is 2. The summed E-state index contributed by atoms with van der Waals surface area (Å²) in [4.78, 5) is 12.7.